The fourth-order valence-corrected chi connectivity index (χ4v) is 3.28. The van der Waals surface area contributed by atoms with Crippen molar-refractivity contribution in [1.29, 1.82) is 0 Å². The number of nitrogens with one attached hydrogen (secondary N) is 1. The first-order valence-electron chi connectivity index (χ1n) is 8.28. The summed E-state index contributed by atoms with van der Waals surface area (Å²) in [5.74, 6) is 0. The second-order valence-electron chi connectivity index (χ2n) is 6.51. The van der Waals surface area contributed by atoms with Crippen molar-refractivity contribution in [3.05, 3.63) is 76.3 Å². The summed E-state index contributed by atoms with van der Waals surface area (Å²) in [6, 6.07) is 14.9. The van der Waals surface area contributed by atoms with Gasteiger partial charge in [0.05, 0.1) is 5.69 Å². The van der Waals surface area contributed by atoms with Crippen LogP contribution in [-0.4, -0.2) is 14.4 Å². The van der Waals surface area contributed by atoms with Crippen molar-refractivity contribution in [3.63, 3.8) is 0 Å². The van der Waals surface area contributed by atoms with E-state index in [-0.39, 0.29) is 0 Å². The van der Waals surface area contributed by atoms with E-state index in [9.17, 15) is 0 Å². The molecular formula is C21H19N3S. The molecule has 0 bridgehead atoms. The van der Waals surface area contributed by atoms with E-state index in [4.69, 9.17) is 12.2 Å². The topological polar surface area (TPSA) is 33.1 Å². The molecule has 2 heterocycles. The number of nitrogens with zero attached hydrogens (tertiary/aromatic N) is 2. The molecule has 0 amide bonds. The number of H-pyrrole nitrogens is 1. The fraction of sp³-hybridized carbons (Fsp3) is 0.143. The molecule has 2 aromatic heterocycles. The standard InChI is InChI=1S/C21H19N3S/c1-13-5-4-6-16(9-13)18-11-22-21(25)24-12-19(23-20(18)24)17-8-7-14(2)15(3)10-17/h4-12,23H,1-3H3. The van der Waals surface area contributed by atoms with Gasteiger partial charge in [0.25, 0.3) is 0 Å². The van der Waals surface area contributed by atoms with Gasteiger partial charge in [-0.3, -0.25) is 4.40 Å². The Bertz CT molecular complexity index is 1150. The largest absolute Gasteiger partial charge is 0.339 e. The highest BCUT2D eigenvalue weighted by Gasteiger charge is 2.11. The van der Waals surface area contributed by atoms with Crippen LogP contribution in [0, 0.1) is 25.5 Å². The van der Waals surface area contributed by atoms with Gasteiger partial charge >= 0.3 is 0 Å². The number of benzene rings is 2. The minimum atomic E-state index is 0.553. The van der Waals surface area contributed by atoms with E-state index in [0.717, 1.165) is 28.0 Å². The SMILES string of the molecule is Cc1cccc(-c2cnc(=S)n3cc(-c4ccc(C)c(C)c4)[nH]c23)c1. The lowest BCUT2D eigenvalue weighted by molar-refractivity contribution is 1.06. The van der Waals surface area contributed by atoms with Gasteiger partial charge in [0, 0.05) is 18.0 Å². The predicted octanol–water partition coefficient (Wildman–Crippen LogP) is 5.65. The molecule has 0 fully saturated rings. The predicted molar refractivity (Wildman–Crippen MR) is 105 cm³/mol. The summed E-state index contributed by atoms with van der Waals surface area (Å²) < 4.78 is 2.51. The molecule has 4 aromatic rings. The van der Waals surface area contributed by atoms with Crippen molar-refractivity contribution in [2.24, 2.45) is 0 Å². The molecule has 4 heteroatoms. The summed E-state index contributed by atoms with van der Waals surface area (Å²) in [7, 11) is 0. The summed E-state index contributed by atoms with van der Waals surface area (Å²) in [5, 5.41) is 0. The molecule has 0 aliphatic rings. The Morgan fingerprint density at radius 2 is 1.80 bits per heavy atom. The molecule has 4 rings (SSSR count). The second kappa shape index (κ2) is 5.97. The van der Waals surface area contributed by atoms with Crippen LogP contribution in [0.2, 0.25) is 0 Å². The van der Waals surface area contributed by atoms with Gasteiger partial charge in [-0.1, -0.05) is 42.0 Å². The van der Waals surface area contributed by atoms with Crippen molar-refractivity contribution < 1.29 is 0 Å². The van der Waals surface area contributed by atoms with Crippen LogP contribution in [-0.2, 0) is 0 Å². The summed E-state index contributed by atoms with van der Waals surface area (Å²) in [6.45, 7) is 6.35. The molecular weight excluding hydrogens is 326 g/mol. The van der Waals surface area contributed by atoms with Gasteiger partial charge in [-0.15, -0.1) is 0 Å². The fourth-order valence-electron chi connectivity index (χ4n) is 3.08. The number of rotatable bonds is 2. The Kier molecular flexibility index (Phi) is 3.77. The van der Waals surface area contributed by atoms with Crippen LogP contribution in [0.25, 0.3) is 28.0 Å². The average Bonchev–Trinajstić information content (AvgIpc) is 3.04. The highest BCUT2D eigenvalue weighted by atomic mass is 32.1. The number of imidazole rings is 1. The maximum absolute atomic E-state index is 5.43. The third-order valence-corrected chi connectivity index (χ3v) is 4.97. The first kappa shape index (κ1) is 15.8. The number of aromatic nitrogens is 3. The molecule has 1 N–H and O–H groups in total. The van der Waals surface area contributed by atoms with Crippen LogP contribution in [0.1, 0.15) is 16.7 Å². The van der Waals surface area contributed by atoms with Crippen LogP contribution >= 0.6 is 12.2 Å². The normalized spacial score (nSPS) is 11.2. The van der Waals surface area contributed by atoms with E-state index in [1.807, 2.05) is 16.8 Å². The minimum Gasteiger partial charge on any atom is -0.339 e. The third kappa shape index (κ3) is 2.79. The smallest absolute Gasteiger partial charge is 0.205 e. The van der Waals surface area contributed by atoms with Crippen molar-refractivity contribution in [2.75, 3.05) is 0 Å². The maximum atomic E-state index is 5.43. The van der Waals surface area contributed by atoms with E-state index in [1.54, 1.807) is 0 Å². The zero-order chi connectivity index (χ0) is 17.6. The van der Waals surface area contributed by atoms with Crippen molar-refractivity contribution in [1.82, 2.24) is 14.4 Å². The Hall–Kier alpha value is -2.72. The van der Waals surface area contributed by atoms with Crippen LogP contribution < -0.4 is 0 Å². The van der Waals surface area contributed by atoms with E-state index in [1.165, 1.54) is 16.7 Å². The van der Waals surface area contributed by atoms with E-state index in [2.05, 4.69) is 73.2 Å². The summed E-state index contributed by atoms with van der Waals surface area (Å²) in [4.78, 5) is 7.95. The lowest BCUT2D eigenvalue weighted by Crippen LogP contribution is -1.92. The zero-order valence-electron chi connectivity index (χ0n) is 14.5. The highest BCUT2D eigenvalue weighted by Crippen LogP contribution is 2.28. The molecule has 0 unspecified atom stereocenters. The number of fused-ring (bicyclic) bond motifs is 1. The molecule has 25 heavy (non-hydrogen) atoms. The molecule has 3 nitrogen and oxygen atoms in total. The molecule has 0 atom stereocenters. The Labute approximate surface area is 152 Å². The summed E-state index contributed by atoms with van der Waals surface area (Å²) >= 11 is 5.43. The molecule has 0 aliphatic heterocycles. The summed E-state index contributed by atoms with van der Waals surface area (Å²) in [5.41, 5.74) is 9.13. The third-order valence-electron chi connectivity index (χ3n) is 4.66. The molecule has 2 aromatic carbocycles. The number of aryl methyl sites for hydroxylation is 3. The van der Waals surface area contributed by atoms with E-state index in [0.29, 0.717) is 4.77 Å². The first-order chi connectivity index (χ1) is 12.0. The van der Waals surface area contributed by atoms with Gasteiger partial charge in [0.2, 0.25) is 4.77 Å². The molecule has 124 valence electrons. The molecule has 0 radical (unpaired) electrons. The zero-order valence-corrected chi connectivity index (χ0v) is 15.3. The molecule has 0 aliphatic carbocycles. The molecule has 0 saturated carbocycles. The van der Waals surface area contributed by atoms with Gasteiger partial charge < -0.3 is 4.98 Å². The quantitative estimate of drug-likeness (QED) is 0.476. The summed E-state index contributed by atoms with van der Waals surface area (Å²) in [6.07, 6.45) is 3.89. The number of aromatic amines is 1. The Balaban J connectivity index is 1.96. The maximum Gasteiger partial charge on any atom is 0.205 e. The van der Waals surface area contributed by atoms with Crippen molar-refractivity contribution in [2.45, 2.75) is 20.8 Å². The number of hydrogen-bond donors (Lipinski definition) is 1. The van der Waals surface area contributed by atoms with Crippen LogP contribution in [0.3, 0.4) is 0 Å². The van der Waals surface area contributed by atoms with Gasteiger partial charge in [-0.2, -0.15) is 0 Å². The van der Waals surface area contributed by atoms with Gasteiger partial charge in [-0.25, -0.2) is 4.98 Å². The van der Waals surface area contributed by atoms with Gasteiger partial charge in [-0.05, 0) is 61.3 Å². The molecule has 0 spiro atoms. The lowest BCUT2D eigenvalue weighted by Gasteiger charge is -2.05. The molecule has 0 saturated heterocycles. The lowest BCUT2D eigenvalue weighted by atomic mass is 10.0. The van der Waals surface area contributed by atoms with E-state index >= 15 is 0 Å². The second-order valence-corrected chi connectivity index (χ2v) is 6.87. The average molecular weight is 345 g/mol. The monoisotopic (exact) mass is 345 g/mol. The van der Waals surface area contributed by atoms with E-state index < -0.39 is 0 Å². The van der Waals surface area contributed by atoms with Gasteiger partial charge in [0.15, 0.2) is 0 Å². The minimum absolute atomic E-state index is 0.553. The Morgan fingerprint density at radius 1 is 0.960 bits per heavy atom. The highest BCUT2D eigenvalue weighted by molar-refractivity contribution is 7.71. The van der Waals surface area contributed by atoms with Crippen molar-refractivity contribution >= 4 is 17.9 Å². The van der Waals surface area contributed by atoms with Crippen LogP contribution in [0.4, 0.5) is 0 Å². The first-order valence-corrected chi connectivity index (χ1v) is 8.69. The Morgan fingerprint density at radius 3 is 2.56 bits per heavy atom. The van der Waals surface area contributed by atoms with Crippen molar-refractivity contribution in [3.8, 4) is 22.4 Å². The van der Waals surface area contributed by atoms with Crippen LogP contribution in [0.5, 0.6) is 0 Å². The van der Waals surface area contributed by atoms with Gasteiger partial charge in [0.1, 0.15) is 5.65 Å². The number of hydrogen-bond acceptors (Lipinski definition) is 2. The van der Waals surface area contributed by atoms with Crippen LogP contribution in [0.15, 0.2) is 54.9 Å².